The van der Waals surface area contributed by atoms with Crippen molar-refractivity contribution in [3.63, 3.8) is 0 Å². The van der Waals surface area contributed by atoms with E-state index in [2.05, 4.69) is 38.2 Å². The summed E-state index contributed by atoms with van der Waals surface area (Å²) in [4.78, 5) is 0. The minimum atomic E-state index is 0.327. The Balaban J connectivity index is 2.79. The van der Waals surface area contributed by atoms with Crippen molar-refractivity contribution in [2.45, 2.75) is 33.2 Å². The van der Waals surface area contributed by atoms with Crippen molar-refractivity contribution in [1.29, 1.82) is 0 Å². The van der Waals surface area contributed by atoms with Crippen molar-refractivity contribution in [2.24, 2.45) is 5.41 Å². The molecular weight excluding hydrogens is 198 g/mol. The van der Waals surface area contributed by atoms with Crippen LogP contribution in [0, 0.1) is 5.41 Å². The first-order chi connectivity index (χ1) is 7.46. The predicted octanol–water partition coefficient (Wildman–Crippen LogP) is 3.39. The molecule has 0 aromatic heterocycles. The molecule has 90 valence electrons. The number of hydrogen-bond donors (Lipinski definition) is 1. The van der Waals surface area contributed by atoms with Crippen LogP contribution in [0.15, 0.2) is 24.3 Å². The van der Waals surface area contributed by atoms with Gasteiger partial charge in [-0.2, -0.15) is 0 Å². The van der Waals surface area contributed by atoms with Crippen molar-refractivity contribution in [3.8, 4) is 5.75 Å². The summed E-state index contributed by atoms with van der Waals surface area (Å²) in [7, 11) is 3.71. The second-order valence-electron chi connectivity index (χ2n) is 5.38. The fourth-order valence-electron chi connectivity index (χ4n) is 1.84. The zero-order valence-corrected chi connectivity index (χ0v) is 11.0. The summed E-state index contributed by atoms with van der Waals surface area (Å²) in [6.45, 7) is 6.79. The molecule has 2 nitrogen and oxygen atoms in total. The minimum Gasteiger partial charge on any atom is -0.497 e. The van der Waals surface area contributed by atoms with Gasteiger partial charge in [0.1, 0.15) is 5.75 Å². The van der Waals surface area contributed by atoms with E-state index in [0.29, 0.717) is 11.5 Å². The van der Waals surface area contributed by atoms with Gasteiger partial charge in [0.25, 0.3) is 0 Å². The van der Waals surface area contributed by atoms with Crippen LogP contribution >= 0.6 is 0 Å². The maximum atomic E-state index is 5.16. The van der Waals surface area contributed by atoms with Crippen LogP contribution in [0.4, 0.5) is 0 Å². The lowest BCUT2D eigenvalue weighted by molar-refractivity contribution is 0.320. The van der Waals surface area contributed by atoms with Crippen LogP contribution in [0.2, 0.25) is 0 Å². The number of rotatable bonds is 4. The number of ether oxygens (including phenoxy) is 1. The lowest BCUT2D eigenvalue weighted by atomic mass is 9.85. The highest BCUT2D eigenvalue weighted by molar-refractivity contribution is 5.29. The summed E-state index contributed by atoms with van der Waals surface area (Å²) < 4.78 is 5.16. The molecule has 16 heavy (non-hydrogen) atoms. The van der Waals surface area contributed by atoms with E-state index < -0.39 is 0 Å². The molecule has 0 saturated heterocycles. The molecule has 1 rings (SSSR count). The summed E-state index contributed by atoms with van der Waals surface area (Å²) >= 11 is 0. The van der Waals surface area contributed by atoms with Crippen molar-refractivity contribution in [1.82, 2.24) is 5.32 Å². The molecule has 0 bridgehead atoms. The summed E-state index contributed by atoms with van der Waals surface area (Å²) in [6, 6.07) is 8.70. The van der Waals surface area contributed by atoms with Gasteiger partial charge in [-0.1, -0.05) is 32.9 Å². The zero-order valence-electron chi connectivity index (χ0n) is 11.0. The highest BCUT2D eigenvalue weighted by atomic mass is 16.5. The molecule has 0 aliphatic rings. The number of hydrogen-bond acceptors (Lipinski definition) is 2. The molecule has 1 unspecified atom stereocenters. The Morgan fingerprint density at radius 2 is 1.75 bits per heavy atom. The van der Waals surface area contributed by atoms with E-state index in [1.165, 1.54) is 5.56 Å². The Bertz CT molecular complexity index is 311. The molecule has 1 atom stereocenters. The second-order valence-corrected chi connectivity index (χ2v) is 5.38. The van der Waals surface area contributed by atoms with Gasteiger partial charge in [-0.05, 0) is 36.6 Å². The van der Waals surface area contributed by atoms with E-state index in [1.54, 1.807) is 7.11 Å². The van der Waals surface area contributed by atoms with E-state index in [9.17, 15) is 0 Å². The van der Waals surface area contributed by atoms with Gasteiger partial charge in [-0.3, -0.25) is 0 Å². The van der Waals surface area contributed by atoms with Gasteiger partial charge in [-0.25, -0.2) is 0 Å². The summed E-state index contributed by atoms with van der Waals surface area (Å²) in [6.07, 6.45) is 1.12. The third-order valence-electron chi connectivity index (χ3n) is 2.68. The lowest BCUT2D eigenvalue weighted by Crippen LogP contribution is -2.22. The standard InChI is InChI=1S/C14H23NO/c1-14(2,3)10-13(15-4)11-6-8-12(16-5)9-7-11/h6-9,13,15H,10H2,1-5H3. The molecule has 1 aromatic carbocycles. The molecule has 0 aliphatic heterocycles. The Labute approximate surface area is 99.0 Å². The van der Waals surface area contributed by atoms with Crippen LogP contribution in [0.1, 0.15) is 38.8 Å². The smallest absolute Gasteiger partial charge is 0.118 e. The monoisotopic (exact) mass is 221 g/mol. The number of benzene rings is 1. The second kappa shape index (κ2) is 5.35. The molecule has 2 heteroatoms. The Morgan fingerprint density at radius 3 is 2.12 bits per heavy atom. The Morgan fingerprint density at radius 1 is 1.19 bits per heavy atom. The van der Waals surface area contributed by atoms with Crippen LogP contribution in [-0.4, -0.2) is 14.2 Å². The molecule has 0 heterocycles. The zero-order chi connectivity index (χ0) is 12.2. The van der Waals surface area contributed by atoms with Gasteiger partial charge in [0.2, 0.25) is 0 Å². The third kappa shape index (κ3) is 3.86. The van der Waals surface area contributed by atoms with E-state index in [-0.39, 0.29) is 0 Å². The lowest BCUT2D eigenvalue weighted by Gasteiger charge is -2.26. The SMILES string of the molecule is CNC(CC(C)(C)C)c1ccc(OC)cc1. The van der Waals surface area contributed by atoms with E-state index >= 15 is 0 Å². The first-order valence-corrected chi connectivity index (χ1v) is 5.77. The average Bonchev–Trinajstić information content (AvgIpc) is 2.25. The van der Waals surface area contributed by atoms with Crippen LogP contribution in [-0.2, 0) is 0 Å². The highest BCUT2D eigenvalue weighted by Crippen LogP contribution is 2.29. The van der Waals surface area contributed by atoms with E-state index in [1.807, 2.05) is 19.2 Å². The van der Waals surface area contributed by atoms with Gasteiger partial charge >= 0.3 is 0 Å². The Kier molecular flexibility index (Phi) is 4.36. The van der Waals surface area contributed by atoms with Gasteiger partial charge in [0, 0.05) is 6.04 Å². The molecule has 0 aliphatic carbocycles. The number of nitrogens with one attached hydrogen (secondary N) is 1. The molecule has 1 aromatic rings. The molecular formula is C14H23NO. The minimum absolute atomic E-state index is 0.327. The summed E-state index contributed by atoms with van der Waals surface area (Å²) in [5.74, 6) is 0.911. The topological polar surface area (TPSA) is 21.3 Å². The molecule has 0 amide bonds. The van der Waals surface area contributed by atoms with E-state index in [0.717, 1.165) is 12.2 Å². The maximum Gasteiger partial charge on any atom is 0.118 e. The largest absolute Gasteiger partial charge is 0.497 e. The third-order valence-corrected chi connectivity index (χ3v) is 2.68. The van der Waals surface area contributed by atoms with E-state index in [4.69, 9.17) is 4.74 Å². The predicted molar refractivity (Wildman–Crippen MR) is 68.9 cm³/mol. The Hall–Kier alpha value is -1.02. The molecule has 0 fully saturated rings. The first kappa shape index (κ1) is 13.0. The highest BCUT2D eigenvalue weighted by Gasteiger charge is 2.18. The summed E-state index contributed by atoms with van der Waals surface area (Å²) in [5, 5.41) is 3.37. The normalized spacial score (nSPS) is 13.6. The molecule has 0 radical (unpaired) electrons. The molecule has 0 saturated carbocycles. The van der Waals surface area contributed by atoms with Gasteiger partial charge in [0.15, 0.2) is 0 Å². The van der Waals surface area contributed by atoms with Crippen LogP contribution in [0.5, 0.6) is 5.75 Å². The molecule has 1 N–H and O–H groups in total. The summed E-state index contributed by atoms with van der Waals surface area (Å²) in [5.41, 5.74) is 1.64. The average molecular weight is 221 g/mol. The van der Waals surface area contributed by atoms with Gasteiger partial charge < -0.3 is 10.1 Å². The fraction of sp³-hybridized carbons (Fsp3) is 0.571. The van der Waals surface area contributed by atoms with Gasteiger partial charge in [-0.15, -0.1) is 0 Å². The quantitative estimate of drug-likeness (QED) is 0.841. The van der Waals surface area contributed by atoms with Crippen LogP contribution in [0.3, 0.4) is 0 Å². The fourth-order valence-corrected chi connectivity index (χ4v) is 1.84. The van der Waals surface area contributed by atoms with Crippen LogP contribution in [0.25, 0.3) is 0 Å². The van der Waals surface area contributed by atoms with Crippen molar-refractivity contribution >= 4 is 0 Å². The van der Waals surface area contributed by atoms with Crippen molar-refractivity contribution in [2.75, 3.05) is 14.2 Å². The first-order valence-electron chi connectivity index (χ1n) is 5.77. The van der Waals surface area contributed by atoms with Crippen molar-refractivity contribution in [3.05, 3.63) is 29.8 Å². The maximum absolute atomic E-state index is 5.16. The van der Waals surface area contributed by atoms with Crippen LogP contribution < -0.4 is 10.1 Å². The molecule has 0 spiro atoms. The number of methoxy groups -OCH3 is 1. The van der Waals surface area contributed by atoms with Gasteiger partial charge in [0.05, 0.1) is 7.11 Å². The van der Waals surface area contributed by atoms with Crippen molar-refractivity contribution < 1.29 is 4.74 Å².